The molecule has 6 N–H and O–H groups in total. The van der Waals surface area contributed by atoms with Crippen LogP contribution in [0.4, 0.5) is 8.78 Å². The lowest BCUT2D eigenvalue weighted by molar-refractivity contribution is -0.161. The van der Waals surface area contributed by atoms with Crippen molar-refractivity contribution < 1.29 is 52.6 Å². The van der Waals surface area contributed by atoms with Gasteiger partial charge >= 0.3 is 11.9 Å². The van der Waals surface area contributed by atoms with E-state index >= 15 is 0 Å². The van der Waals surface area contributed by atoms with Gasteiger partial charge in [-0.3, -0.25) is 38.5 Å². The Labute approximate surface area is 256 Å². The zero-order valence-corrected chi connectivity index (χ0v) is 25.1. The minimum Gasteiger partial charge on any atom is -0.480 e. The number of aromatic nitrogens is 2. The van der Waals surface area contributed by atoms with Crippen molar-refractivity contribution in [2.75, 3.05) is 13.1 Å². The van der Waals surface area contributed by atoms with E-state index < -0.39 is 89.9 Å². The normalized spacial score (nSPS) is 18.4. The summed E-state index contributed by atoms with van der Waals surface area (Å²) in [5.41, 5.74) is -0.0431. The Bertz CT molecular complexity index is 1280. The summed E-state index contributed by atoms with van der Waals surface area (Å²) in [5.74, 6) is -14.2. The van der Waals surface area contributed by atoms with Gasteiger partial charge in [-0.2, -0.15) is 8.78 Å². The molecule has 0 aromatic carbocycles. The number of carboxylic acids is 1. The first kappa shape index (κ1) is 36.6. The van der Waals surface area contributed by atoms with E-state index in [0.29, 0.717) is 0 Å². The van der Waals surface area contributed by atoms with Crippen LogP contribution in [0.15, 0.2) is 18.6 Å². The van der Waals surface area contributed by atoms with E-state index in [1.165, 1.54) is 37.8 Å². The highest BCUT2D eigenvalue weighted by Gasteiger charge is 2.51. The Morgan fingerprint density at radius 3 is 2.29 bits per heavy atom. The lowest BCUT2D eigenvalue weighted by Crippen LogP contribution is -2.59. The number of carboxylic acid groups (broad SMARTS) is 1. The van der Waals surface area contributed by atoms with E-state index in [2.05, 4.69) is 25.9 Å². The average Bonchev–Trinajstić information content (AvgIpc) is 3.38. The molecular formula is C27H37F2N7O9. The van der Waals surface area contributed by atoms with Gasteiger partial charge in [0.15, 0.2) is 0 Å². The SMILES string of the molecule is CCC[C@H](NC(=O)[C@@H]1C[C@@H](O)CN1C(=O)C(C)NC(=O)[C@@H](NC(=O)c1cnccn1)C(C)C)C(=O)C(F)(F)C(=O)NCC(=O)O. The number of carbonyl (C=O) groups excluding carboxylic acids is 6. The van der Waals surface area contributed by atoms with Crippen molar-refractivity contribution in [3.63, 3.8) is 0 Å². The molecule has 1 aromatic rings. The number of aliphatic hydroxyl groups excluding tert-OH is 1. The maximum absolute atomic E-state index is 14.6. The zero-order valence-electron chi connectivity index (χ0n) is 25.1. The van der Waals surface area contributed by atoms with Crippen LogP contribution in [0, 0.1) is 5.92 Å². The number of nitrogens with zero attached hydrogens (tertiary/aromatic N) is 3. The molecular weight excluding hydrogens is 604 g/mol. The predicted octanol–water partition coefficient (Wildman–Crippen LogP) is -1.61. The number of aliphatic hydroxyl groups is 1. The highest BCUT2D eigenvalue weighted by Crippen LogP contribution is 2.22. The van der Waals surface area contributed by atoms with E-state index in [0.717, 1.165) is 4.90 Å². The van der Waals surface area contributed by atoms with Crippen molar-refractivity contribution in [3.05, 3.63) is 24.3 Å². The van der Waals surface area contributed by atoms with Crippen LogP contribution < -0.4 is 21.3 Å². The lowest BCUT2D eigenvalue weighted by atomic mass is 10.0. The number of hydrogen-bond acceptors (Lipinski definition) is 10. The lowest BCUT2D eigenvalue weighted by Gasteiger charge is -2.30. The Morgan fingerprint density at radius 1 is 1.07 bits per heavy atom. The molecule has 1 fully saturated rings. The molecule has 1 aromatic heterocycles. The molecule has 5 amide bonds. The van der Waals surface area contributed by atoms with Gasteiger partial charge in [0, 0.05) is 25.4 Å². The van der Waals surface area contributed by atoms with Gasteiger partial charge in [0.05, 0.1) is 18.3 Å². The number of alkyl halides is 2. The number of nitrogens with one attached hydrogen (secondary N) is 4. The van der Waals surface area contributed by atoms with Crippen LogP contribution in [0.5, 0.6) is 0 Å². The van der Waals surface area contributed by atoms with Crippen molar-refractivity contribution in [1.82, 2.24) is 36.1 Å². The molecule has 1 unspecified atom stereocenters. The number of ketones is 1. The molecule has 0 saturated carbocycles. The number of amides is 5. The fourth-order valence-electron chi connectivity index (χ4n) is 4.51. The molecule has 16 nitrogen and oxygen atoms in total. The molecule has 1 saturated heterocycles. The first-order valence-electron chi connectivity index (χ1n) is 14.1. The highest BCUT2D eigenvalue weighted by atomic mass is 19.3. The highest BCUT2D eigenvalue weighted by molar-refractivity contribution is 6.11. The third-order valence-electron chi connectivity index (χ3n) is 6.83. The summed E-state index contributed by atoms with van der Waals surface area (Å²) in [4.78, 5) is 95.7. The summed E-state index contributed by atoms with van der Waals surface area (Å²) in [6.45, 7) is 4.62. The predicted molar refractivity (Wildman–Crippen MR) is 149 cm³/mol. The van der Waals surface area contributed by atoms with Crippen molar-refractivity contribution in [2.24, 2.45) is 5.92 Å². The second-order valence-corrected chi connectivity index (χ2v) is 10.8. The Hall–Kier alpha value is -4.61. The molecule has 0 spiro atoms. The van der Waals surface area contributed by atoms with E-state index in [4.69, 9.17) is 5.11 Å². The molecule has 0 radical (unpaired) electrons. The van der Waals surface area contributed by atoms with Crippen LogP contribution in [0.2, 0.25) is 0 Å². The van der Waals surface area contributed by atoms with E-state index in [1.807, 2.05) is 0 Å². The molecule has 5 atom stereocenters. The summed E-state index contributed by atoms with van der Waals surface area (Å²) >= 11 is 0. The van der Waals surface area contributed by atoms with Crippen LogP contribution in [0.1, 0.15) is 57.4 Å². The third kappa shape index (κ3) is 9.69. The van der Waals surface area contributed by atoms with Crippen molar-refractivity contribution in [2.45, 2.75) is 83.2 Å². The maximum atomic E-state index is 14.6. The van der Waals surface area contributed by atoms with Gasteiger partial charge in [-0.15, -0.1) is 0 Å². The molecule has 45 heavy (non-hydrogen) atoms. The number of likely N-dealkylation sites (tertiary alicyclic amines) is 1. The summed E-state index contributed by atoms with van der Waals surface area (Å²) in [6, 6.07) is -5.69. The minimum atomic E-state index is -4.68. The smallest absolute Gasteiger partial charge is 0.383 e. The van der Waals surface area contributed by atoms with Gasteiger partial charge in [0.2, 0.25) is 23.5 Å². The van der Waals surface area contributed by atoms with Gasteiger partial charge < -0.3 is 36.4 Å². The number of carbonyl (C=O) groups is 7. The standard InChI is InChI=1S/C27H37F2N7O9/c1-5-6-16(21(40)27(28,29)26(45)32-11-19(38)39)34-23(42)18-9-15(37)12-36(18)25(44)14(4)33-24(43)20(13(2)3)35-22(41)17-10-30-7-8-31-17/h7-8,10,13-16,18,20,37H,5-6,9,11-12H2,1-4H3,(H,32,45)(H,33,43)(H,34,42)(H,35,41)(H,38,39)/t14?,15-,16+,18+,20+/m1/s1. The summed E-state index contributed by atoms with van der Waals surface area (Å²) in [6.07, 6.45) is 2.14. The van der Waals surface area contributed by atoms with Crippen LogP contribution in [0.3, 0.4) is 0 Å². The second-order valence-electron chi connectivity index (χ2n) is 10.8. The monoisotopic (exact) mass is 641 g/mol. The molecule has 0 aliphatic carbocycles. The van der Waals surface area contributed by atoms with Gasteiger partial charge in [0.1, 0.15) is 30.4 Å². The van der Waals surface area contributed by atoms with E-state index in [9.17, 15) is 47.4 Å². The summed E-state index contributed by atoms with van der Waals surface area (Å²) in [7, 11) is 0. The van der Waals surface area contributed by atoms with Gasteiger partial charge in [-0.25, -0.2) is 4.98 Å². The summed E-state index contributed by atoms with van der Waals surface area (Å²) < 4.78 is 29.1. The number of hydrogen-bond donors (Lipinski definition) is 6. The van der Waals surface area contributed by atoms with E-state index in [1.54, 1.807) is 13.8 Å². The summed E-state index contributed by atoms with van der Waals surface area (Å²) in [5, 5.41) is 27.4. The largest absolute Gasteiger partial charge is 0.480 e. The Kier molecular flexibility index (Phi) is 12.9. The quantitative estimate of drug-likeness (QED) is 0.119. The number of aliphatic carboxylic acids is 1. The topological polar surface area (TPSA) is 237 Å². The first-order valence-corrected chi connectivity index (χ1v) is 14.1. The molecule has 248 valence electrons. The van der Waals surface area contributed by atoms with Crippen LogP contribution in [0.25, 0.3) is 0 Å². The van der Waals surface area contributed by atoms with Gasteiger partial charge in [-0.1, -0.05) is 27.2 Å². The van der Waals surface area contributed by atoms with Crippen molar-refractivity contribution in [1.29, 1.82) is 0 Å². The third-order valence-corrected chi connectivity index (χ3v) is 6.83. The maximum Gasteiger partial charge on any atom is 0.383 e. The second kappa shape index (κ2) is 15.9. The number of halogens is 2. The van der Waals surface area contributed by atoms with Gasteiger partial charge in [0.25, 0.3) is 11.8 Å². The van der Waals surface area contributed by atoms with Crippen LogP contribution in [-0.2, 0) is 28.8 Å². The Morgan fingerprint density at radius 2 is 1.73 bits per heavy atom. The molecule has 18 heteroatoms. The van der Waals surface area contributed by atoms with Gasteiger partial charge in [-0.05, 0) is 19.3 Å². The molecule has 0 bridgehead atoms. The number of rotatable bonds is 15. The van der Waals surface area contributed by atoms with Crippen molar-refractivity contribution >= 4 is 41.3 Å². The molecule has 2 rings (SSSR count). The molecule has 1 aliphatic heterocycles. The van der Waals surface area contributed by atoms with Crippen LogP contribution >= 0.6 is 0 Å². The fourth-order valence-corrected chi connectivity index (χ4v) is 4.51. The van der Waals surface area contributed by atoms with Crippen molar-refractivity contribution in [3.8, 4) is 0 Å². The van der Waals surface area contributed by atoms with E-state index in [-0.39, 0.29) is 31.5 Å². The minimum absolute atomic E-state index is 0.0431. The number of β-amino-alcohol motifs (C(OH)–C–C–N with tert-alkyl or cyclic N) is 1. The zero-order chi connectivity index (χ0) is 34.1. The number of Topliss-reactive ketones (excluding diaryl/α,β-unsaturated/α-hetero) is 1. The molecule has 2 heterocycles. The van der Waals surface area contributed by atoms with Crippen LogP contribution in [-0.4, -0.2) is 116 Å². The fraction of sp³-hybridized carbons (Fsp3) is 0.593. The Balaban J connectivity index is 2.14. The molecule has 1 aliphatic rings. The first-order chi connectivity index (χ1) is 21.0. The average molecular weight is 642 g/mol.